The largest absolute Gasteiger partial charge is 0.382 e. The van der Waals surface area contributed by atoms with E-state index in [1.165, 1.54) is 19.3 Å². The molecule has 1 nitrogen and oxygen atoms in total. The molecule has 0 radical (unpaired) electrons. The van der Waals surface area contributed by atoms with E-state index in [0.717, 1.165) is 18.5 Å². The van der Waals surface area contributed by atoms with Crippen molar-refractivity contribution < 1.29 is 4.74 Å². The van der Waals surface area contributed by atoms with Crippen molar-refractivity contribution in [3.63, 3.8) is 0 Å². The third kappa shape index (κ3) is 2.24. The lowest BCUT2D eigenvalue weighted by molar-refractivity contribution is 0.132. The van der Waals surface area contributed by atoms with Crippen LogP contribution in [0.3, 0.4) is 0 Å². The van der Waals surface area contributed by atoms with Gasteiger partial charge in [-0.1, -0.05) is 15.9 Å². The lowest BCUT2D eigenvalue weighted by atomic mass is 10.1. The summed E-state index contributed by atoms with van der Waals surface area (Å²) in [5, 5.41) is 1.16. The van der Waals surface area contributed by atoms with E-state index in [9.17, 15) is 0 Å². The second-order valence-electron chi connectivity index (χ2n) is 3.08. The molecule has 0 atom stereocenters. The highest BCUT2D eigenvalue weighted by molar-refractivity contribution is 9.09. The van der Waals surface area contributed by atoms with Crippen molar-refractivity contribution in [2.24, 2.45) is 5.41 Å². The molecule has 0 aromatic carbocycles. The molecule has 1 rings (SSSR count). The van der Waals surface area contributed by atoms with Gasteiger partial charge < -0.3 is 4.74 Å². The first-order valence-corrected chi connectivity index (χ1v) is 5.09. The van der Waals surface area contributed by atoms with Crippen LogP contribution in [0.15, 0.2) is 0 Å². The molecule has 0 aliphatic heterocycles. The lowest BCUT2D eigenvalue weighted by Gasteiger charge is -2.09. The van der Waals surface area contributed by atoms with Gasteiger partial charge in [-0.3, -0.25) is 0 Å². The zero-order valence-corrected chi connectivity index (χ0v) is 8.11. The van der Waals surface area contributed by atoms with Gasteiger partial charge in [0.25, 0.3) is 0 Å². The van der Waals surface area contributed by atoms with E-state index in [4.69, 9.17) is 4.74 Å². The molecule has 1 fully saturated rings. The van der Waals surface area contributed by atoms with Crippen LogP contribution in [-0.4, -0.2) is 18.5 Å². The summed E-state index contributed by atoms with van der Waals surface area (Å²) < 4.78 is 5.29. The van der Waals surface area contributed by atoms with Crippen LogP contribution in [0.4, 0.5) is 0 Å². The highest BCUT2D eigenvalue weighted by atomic mass is 79.9. The molecule has 1 aliphatic rings. The Balaban J connectivity index is 2.01. The summed E-state index contributed by atoms with van der Waals surface area (Å²) in [6.07, 6.45) is 4.03. The maximum Gasteiger partial charge on any atom is 0.0471 e. The first kappa shape index (κ1) is 8.54. The highest BCUT2D eigenvalue weighted by Gasteiger charge is 2.40. The fourth-order valence-electron chi connectivity index (χ4n) is 1.06. The van der Waals surface area contributed by atoms with Crippen molar-refractivity contribution in [3.8, 4) is 0 Å². The van der Waals surface area contributed by atoms with E-state index in [2.05, 4.69) is 15.9 Å². The summed E-state index contributed by atoms with van der Waals surface area (Å²) in [5.74, 6) is 0. The van der Waals surface area contributed by atoms with Gasteiger partial charge in [0, 0.05) is 18.5 Å². The Bertz CT molecular complexity index is 99.4. The molecule has 2 heteroatoms. The summed E-state index contributed by atoms with van der Waals surface area (Å²) in [5.41, 5.74) is 0.634. The van der Waals surface area contributed by atoms with Crippen LogP contribution in [0, 0.1) is 5.41 Å². The van der Waals surface area contributed by atoms with Crippen LogP contribution in [-0.2, 0) is 4.74 Å². The molecule has 1 saturated carbocycles. The van der Waals surface area contributed by atoms with Crippen molar-refractivity contribution in [3.05, 3.63) is 0 Å². The first-order chi connectivity index (χ1) is 4.83. The number of halogens is 1. The normalized spacial score (nSPS) is 21.0. The van der Waals surface area contributed by atoms with E-state index in [-0.39, 0.29) is 0 Å². The number of alkyl halides is 1. The van der Waals surface area contributed by atoms with Gasteiger partial charge in [0.15, 0.2) is 0 Å². The standard InChI is InChI=1S/C8H15BrO/c1-2-10-6-5-8(7-9)3-4-8/h2-7H2,1H3. The summed E-state index contributed by atoms with van der Waals surface area (Å²) in [7, 11) is 0. The quantitative estimate of drug-likeness (QED) is 0.497. The SMILES string of the molecule is CCOCCC1(CBr)CC1. The Labute approximate surface area is 71.3 Å². The minimum atomic E-state index is 0.634. The van der Waals surface area contributed by atoms with Crippen LogP contribution in [0.5, 0.6) is 0 Å². The Morgan fingerprint density at radius 2 is 2.20 bits per heavy atom. The average molecular weight is 207 g/mol. The van der Waals surface area contributed by atoms with Gasteiger partial charge >= 0.3 is 0 Å². The van der Waals surface area contributed by atoms with Crippen molar-refractivity contribution in [2.45, 2.75) is 26.2 Å². The molecule has 0 heterocycles. The topological polar surface area (TPSA) is 9.23 Å². The van der Waals surface area contributed by atoms with E-state index in [1.807, 2.05) is 6.92 Å². The minimum Gasteiger partial charge on any atom is -0.382 e. The molecule has 0 unspecified atom stereocenters. The molecule has 0 amide bonds. The molecule has 0 aromatic rings. The van der Waals surface area contributed by atoms with Crippen molar-refractivity contribution >= 4 is 15.9 Å². The molecule has 0 aromatic heterocycles. The Hall–Kier alpha value is 0.440. The second kappa shape index (κ2) is 3.72. The predicted octanol–water partition coefficient (Wildman–Crippen LogP) is 2.59. The molecular weight excluding hydrogens is 192 g/mol. The smallest absolute Gasteiger partial charge is 0.0471 e. The van der Waals surface area contributed by atoms with Crippen LogP contribution < -0.4 is 0 Å². The van der Waals surface area contributed by atoms with E-state index in [0.29, 0.717) is 5.41 Å². The summed E-state index contributed by atoms with van der Waals surface area (Å²) in [6.45, 7) is 3.86. The summed E-state index contributed by atoms with van der Waals surface area (Å²) in [6, 6.07) is 0. The molecule has 10 heavy (non-hydrogen) atoms. The Morgan fingerprint density at radius 3 is 2.60 bits per heavy atom. The van der Waals surface area contributed by atoms with Crippen LogP contribution in [0.1, 0.15) is 26.2 Å². The third-order valence-corrected chi connectivity index (χ3v) is 3.41. The maximum atomic E-state index is 5.29. The monoisotopic (exact) mass is 206 g/mol. The zero-order valence-electron chi connectivity index (χ0n) is 6.53. The third-order valence-electron chi connectivity index (χ3n) is 2.22. The lowest BCUT2D eigenvalue weighted by Crippen LogP contribution is -2.06. The Morgan fingerprint density at radius 1 is 1.50 bits per heavy atom. The van der Waals surface area contributed by atoms with Gasteiger partial charge in [-0.2, -0.15) is 0 Å². The van der Waals surface area contributed by atoms with E-state index in [1.54, 1.807) is 0 Å². The second-order valence-corrected chi connectivity index (χ2v) is 3.64. The van der Waals surface area contributed by atoms with Crippen LogP contribution >= 0.6 is 15.9 Å². The molecule has 0 N–H and O–H groups in total. The van der Waals surface area contributed by atoms with E-state index < -0.39 is 0 Å². The Kier molecular flexibility index (Phi) is 3.18. The zero-order chi connectivity index (χ0) is 7.45. The predicted molar refractivity (Wildman–Crippen MR) is 46.6 cm³/mol. The number of hydrogen-bond acceptors (Lipinski definition) is 1. The molecule has 0 spiro atoms. The minimum absolute atomic E-state index is 0.634. The van der Waals surface area contributed by atoms with Crippen molar-refractivity contribution in [1.29, 1.82) is 0 Å². The summed E-state index contributed by atoms with van der Waals surface area (Å²) >= 11 is 3.53. The van der Waals surface area contributed by atoms with Gasteiger partial charge in [0.2, 0.25) is 0 Å². The van der Waals surface area contributed by atoms with Gasteiger partial charge in [-0.05, 0) is 31.6 Å². The molecule has 60 valence electrons. The molecule has 0 bridgehead atoms. The fraction of sp³-hybridized carbons (Fsp3) is 1.00. The fourth-order valence-corrected chi connectivity index (χ4v) is 1.90. The first-order valence-electron chi connectivity index (χ1n) is 3.97. The van der Waals surface area contributed by atoms with Crippen molar-refractivity contribution in [2.75, 3.05) is 18.5 Å². The van der Waals surface area contributed by atoms with Crippen molar-refractivity contribution in [1.82, 2.24) is 0 Å². The summed E-state index contributed by atoms with van der Waals surface area (Å²) in [4.78, 5) is 0. The maximum absolute atomic E-state index is 5.29. The number of rotatable bonds is 5. The average Bonchev–Trinajstić information content (AvgIpc) is 2.70. The van der Waals surface area contributed by atoms with Gasteiger partial charge in [-0.25, -0.2) is 0 Å². The molecule has 0 saturated heterocycles. The number of hydrogen-bond donors (Lipinski definition) is 0. The number of ether oxygens (including phenoxy) is 1. The highest BCUT2D eigenvalue weighted by Crippen LogP contribution is 2.49. The molecular formula is C8H15BrO. The van der Waals surface area contributed by atoms with Gasteiger partial charge in [-0.15, -0.1) is 0 Å². The van der Waals surface area contributed by atoms with Gasteiger partial charge in [0.05, 0.1) is 0 Å². The van der Waals surface area contributed by atoms with Crippen LogP contribution in [0.2, 0.25) is 0 Å². The molecule has 1 aliphatic carbocycles. The van der Waals surface area contributed by atoms with Crippen LogP contribution in [0.25, 0.3) is 0 Å². The van der Waals surface area contributed by atoms with E-state index >= 15 is 0 Å². The van der Waals surface area contributed by atoms with Gasteiger partial charge in [0.1, 0.15) is 0 Å².